The number of benzene rings is 1. The molecule has 0 amide bonds. The van der Waals surface area contributed by atoms with Gasteiger partial charge in [0.25, 0.3) is 0 Å². The molecule has 1 atom stereocenters. The van der Waals surface area contributed by atoms with Crippen LogP contribution >= 0.6 is 11.6 Å². The predicted octanol–water partition coefficient (Wildman–Crippen LogP) is 5.87. The molecule has 2 aromatic heterocycles. The van der Waals surface area contributed by atoms with Crippen LogP contribution in [0.5, 0.6) is 0 Å². The Hall–Kier alpha value is -2.28. The molecule has 4 heterocycles. The van der Waals surface area contributed by atoms with Crippen molar-refractivity contribution >= 4 is 28.3 Å². The molecule has 1 fully saturated rings. The number of aromatic nitrogens is 4. The van der Waals surface area contributed by atoms with Gasteiger partial charge in [0.1, 0.15) is 5.52 Å². The van der Waals surface area contributed by atoms with Gasteiger partial charge >= 0.3 is 0 Å². The first-order valence-corrected chi connectivity index (χ1v) is 12.9. The molecule has 2 aliphatic rings. The summed E-state index contributed by atoms with van der Waals surface area (Å²) in [6.45, 7) is 14.8. The summed E-state index contributed by atoms with van der Waals surface area (Å²) in [5, 5.41) is 12.0. The standard InChI is InChI=1S/C20H22ClN5.C4H9N.C3H8/c1-12-10-16(21)4-5-17(12)14(3)26-20-19(13(2)25-26)23-11-18(24-20)15-6-8-22-9-7-15;1-2-4-5-3-1;1-3-2/h4-6,10-11,14,22H,7-9H2,1-3H3;5H,1-4H2;3H2,1-2H3. The third kappa shape index (κ3) is 6.65. The van der Waals surface area contributed by atoms with E-state index >= 15 is 0 Å². The first-order valence-electron chi connectivity index (χ1n) is 12.5. The fraction of sp³-hybridized carbons (Fsp3) is 0.519. The first-order chi connectivity index (χ1) is 16.5. The summed E-state index contributed by atoms with van der Waals surface area (Å²) in [5.41, 5.74) is 7.13. The van der Waals surface area contributed by atoms with Crippen LogP contribution in [0.4, 0.5) is 0 Å². The van der Waals surface area contributed by atoms with Gasteiger partial charge in [-0.25, -0.2) is 14.6 Å². The third-order valence-corrected chi connectivity index (χ3v) is 6.21. The molecule has 0 bridgehead atoms. The SMILES string of the molecule is C1CCNC1.CCC.Cc1cc(Cl)ccc1C(C)n1nc(C)c2ncc(C3=CCNCC3)nc21. The van der Waals surface area contributed by atoms with Crippen LogP contribution in [0.15, 0.2) is 30.5 Å². The minimum absolute atomic E-state index is 0.0509. The zero-order chi connectivity index (χ0) is 24.5. The molecule has 34 heavy (non-hydrogen) atoms. The van der Waals surface area contributed by atoms with Crippen molar-refractivity contribution in [2.45, 2.75) is 66.3 Å². The summed E-state index contributed by atoms with van der Waals surface area (Å²) in [6.07, 6.45) is 9.07. The number of hydrogen-bond donors (Lipinski definition) is 2. The van der Waals surface area contributed by atoms with Crippen LogP contribution in [0.2, 0.25) is 5.02 Å². The van der Waals surface area contributed by atoms with Crippen molar-refractivity contribution in [3.05, 3.63) is 58.0 Å². The lowest BCUT2D eigenvalue weighted by molar-refractivity contribution is 0.572. The maximum atomic E-state index is 6.12. The molecule has 5 rings (SSSR count). The fourth-order valence-electron chi connectivity index (χ4n) is 4.20. The summed E-state index contributed by atoms with van der Waals surface area (Å²) < 4.78 is 1.99. The highest BCUT2D eigenvalue weighted by atomic mass is 35.5. The summed E-state index contributed by atoms with van der Waals surface area (Å²) in [4.78, 5) is 9.59. The predicted molar refractivity (Wildman–Crippen MR) is 144 cm³/mol. The molecule has 0 saturated carbocycles. The second-order valence-electron chi connectivity index (χ2n) is 8.98. The molecule has 6 nitrogen and oxygen atoms in total. The van der Waals surface area contributed by atoms with E-state index in [0.29, 0.717) is 0 Å². The Bertz CT molecular complexity index is 1090. The Balaban J connectivity index is 0.000000348. The molecular weight excluding hydrogens is 444 g/mol. The number of nitrogens with one attached hydrogen (secondary N) is 2. The van der Waals surface area contributed by atoms with Gasteiger partial charge in [-0.15, -0.1) is 0 Å². The molecule has 2 N–H and O–H groups in total. The maximum absolute atomic E-state index is 6.12. The summed E-state index contributed by atoms with van der Waals surface area (Å²) in [5.74, 6) is 0. The van der Waals surface area contributed by atoms with Gasteiger partial charge in [-0.2, -0.15) is 5.10 Å². The molecule has 2 aliphatic heterocycles. The second kappa shape index (κ2) is 13.0. The van der Waals surface area contributed by atoms with Crippen molar-refractivity contribution in [2.24, 2.45) is 0 Å². The average molecular weight is 483 g/mol. The Morgan fingerprint density at radius 1 is 1.09 bits per heavy atom. The van der Waals surface area contributed by atoms with E-state index < -0.39 is 0 Å². The molecule has 7 heteroatoms. The van der Waals surface area contributed by atoms with Crippen molar-refractivity contribution in [1.29, 1.82) is 0 Å². The molecule has 1 aromatic carbocycles. The van der Waals surface area contributed by atoms with E-state index in [1.54, 1.807) is 0 Å². The minimum atomic E-state index is 0.0509. The van der Waals surface area contributed by atoms with Gasteiger partial charge in [0, 0.05) is 11.6 Å². The van der Waals surface area contributed by atoms with Gasteiger partial charge in [0.2, 0.25) is 0 Å². The Labute approximate surface area is 209 Å². The highest BCUT2D eigenvalue weighted by molar-refractivity contribution is 6.30. The molecule has 184 valence electrons. The summed E-state index contributed by atoms with van der Waals surface area (Å²) >= 11 is 6.12. The molecule has 0 radical (unpaired) electrons. The Morgan fingerprint density at radius 3 is 2.41 bits per heavy atom. The van der Waals surface area contributed by atoms with E-state index in [2.05, 4.69) is 55.5 Å². The quantitative estimate of drug-likeness (QED) is 0.488. The topological polar surface area (TPSA) is 67.7 Å². The number of rotatable bonds is 3. The van der Waals surface area contributed by atoms with Gasteiger partial charge in [-0.1, -0.05) is 44.0 Å². The lowest BCUT2D eigenvalue weighted by atomic mass is 10.0. The van der Waals surface area contributed by atoms with E-state index in [1.165, 1.54) is 43.5 Å². The maximum Gasteiger partial charge on any atom is 0.178 e. The van der Waals surface area contributed by atoms with Crippen LogP contribution in [0.1, 0.15) is 75.0 Å². The van der Waals surface area contributed by atoms with Crippen LogP contribution in [0.25, 0.3) is 16.7 Å². The molecule has 0 spiro atoms. The van der Waals surface area contributed by atoms with Crippen LogP contribution in [-0.4, -0.2) is 45.9 Å². The van der Waals surface area contributed by atoms with Gasteiger partial charge in [0.15, 0.2) is 5.65 Å². The monoisotopic (exact) mass is 482 g/mol. The normalized spacial score (nSPS) is 16.2. The van der Waals surface area contributed by atoms with Crippen LogP contribution in [-0.2, 0) is 0 Å². The zero-order valence-corrected chi connectivity index (χ0v) is 22.0. The van der Waals surface area contributed by atoms with Crippen LogP contribution in [0, 0.1) is 13.8 Å². The molecule has 0 aliphatic carbocycles. The zero-order valence-electron chi connectivity index (χ0n) is 21.3. The Morgan fingerprint density at radius 2 is 1.82 bits per heavy atom. The van der Waals surface area contributed by atoms with Crippen LogP contribution < -0.4 is 10.6 Å². The van der Waals surface area contributed by atoms with E-state index in [-0.39, 0.29) is 6.04 Å². The minimum Gasteiger partial charge on any atom is -0.317 e. The first kappa shape index (κ1) is 26.3. The summed E-state index contributed by atoms with van der Waals surface area (Å²) in [6, 6.07) is 6.03. The number of halogens is 1. The van der Waals surface area contributed by atoms with E-state index in [0.717, 1.165) is 52.6 Å². The van der Waals surface area contributed by atoms with Crippen LogP contribution in [0.3, 0.4) is 0 Å². The van der Waals surface area contributed by atoms with Gasteiger partial charge in [-0.05, 0) is 88.5 Å². The number of nitrogens with zero attached hydrogens (tertiary/aromatic N) is 4. The molecule has 1 unspecified atom stereocenters. The molecular formula is C27H39ClN6. The molecule has 3 aromatic rings. The Kier molecular flexibility index (Phi) is 10.1. The van der Waals surface area contributed by atoms with Crippen molar-refractivity contribution < 1.29 is 0 Å². The highest BCUT2D eigenvalue weighted by Crippen LogP contribution is 2.28. The number of hydrogen-bond acceptors (Lipinski definition) is 5. The fourth-order valence-corrected chi connectivity index (χ4v) is 4.42. The van der Waals surface area contributed by atoms with Crippen molar-refractivity contribution in [3.63, 3.8) is 0 Å². The molecule has 1 saturated heterocycles. The van der Waals surface area contributed by atoms with E-state index in [4.69, 9.17) is 21.7 Å². The van der Waals surface area contributed by atoms with Crippen molar-refractivity contribution in [1.82, 2.24) is 30.4 Å². The summed E-state index contributed by atoms with van der Waals surface area (Å²) in [7, 11) is 0. The lowest BCUT2D eigenvalue weighted by Gasteiger charge is -2.17. The highest BCUT2D eigenvalue weighted by Gasteiger charge is 2.19. The van der Waals surface area contributed by atoms with E-state index in [1.807, 2.05) is 29.9 Å². The third-order valence-electron chi connectivity index (χ3n) is 5.97. The number of aryl methyl sites for hydroxylation is 2. The van der Waals surface area contributed by atoms with Gasteiger partial charge < -0.3 is 10.6 Å². The van der Waals surface area contributed by atoms with Crippen molar-refractivity contribution in [3.8, 4) is 0 Å². The number of fused-ring (bicyclic) bond motifs is 1. The van der Waals surface area contributed by atoms with Gasteiger partial charge in [0.05, 0.1) is 23.6 Å². The van der Waals surface area contributed by atoms with Crippen molar-refractivity contribution in [2.75, 3.05) is 26.2 Å². The second-order valence-corrected chi connectivity index (χ2v) is 9.42. The van der Waals surface area contributed by atoms with Gasteiger partial charge in [-0.3, -0.25) is 0 Å². The largest absolute Gasteiger partial charge is 0.317 e. The lowest BCUT2D eigenvalue weighted by Crippen LogP contribution is -2.20. The van der Waals surface area contributed by atoms with E-state index in [9.17, 15) is 0 Å². The average Bonchev–Trinajstić information content (AvgIpc) is 3.52. The smallest absolute Gasteiger partial charge is 0.178 e.